The van der Waals surface area contributed by atoms with Crippen LogP contribution in [0.2, 0.25) is 0 Å². The summed E-state index contributed by atoms with van der Waals surface area (Å²) in [6.07, 6.45) is 4.31. The summed E-state index contributed by atoms with van der Waals surface area (Å²) >= 11 is 0. The van der Waals surface area contributed by atoms with E-state index in [9.17, 15) is 4.79 Å². The van der Waals surface area contributed by atoms with E-state index < -0.39 is 0 Å². The second-order valence-corrected chi connectivity index (χ2v) is 7.36. The maximum Gasteiger partial charge on any atom is 0.232 e. The second-order valence-electron chi connectivity index (χ2n) is 7.36. The highest BCUT2D eigenvalue weighted by atomic mass is 16.5. The average Bonchev–Trinajstić information content (AvgIpc) is 3.42. The molecule has 1 atom stereocenters. The second kappa shape index (κ2) is 6.98. The Bertz CT molecular complexity index is 1140. The molecule has 2 aliphatic rings. The number of nitrogens with zero attached hydrogens (tertiary/aromatic N) is 3. The zero-order valence-electron chi connectivity index (χ0n) is 16.0. The molecule has 8 nitrogen and oxygen atoms in total. The number of aromatic nitrogens is 3. The van der Waals surface area contributed by atoms with Crippen LogP contribution in [0.5, 0.6) is 11.5 Å². The van der Waals surface area contributed by atoms with Gasteiger partial charge in [0, 0.05) is 43.3 Å². The molecular weight excluding hydrogens is 370 g/mol. The molecule has 2 aliphatic heterocycles. The minimum absolute atomic E-state index is 0.165. The fourth-order valence-corrected chi connectivity index (χ4v) is 3.97. The molecule has 148 valence electrons. The molecule has 0 amide bonds. The van der Waals surface area contributed by atoms with Crippen LogP contribution in [-0.2, 0) is 6.54 Å². The number of hydrogen-bond acceptors (Lipinski definition) is 7. The molecule has 1 unspecified atom stereocenters. The van der Waals surface area contributed by atoms with E-state index in [-0.39, 0.29) is 17.6 Å². The number of ether oxygens (including phenoxy) is 2. The Hall–Kier alpha value is -3.23. The molecule has 2 aromatic heterocycles. The zero-order valence-corrected chi connectivity index (χ0v) is 16.0. The number of nitrogens with one attached hydrogen (secondary N) is 1. The summed E-state index contributed by atoms with van der Waals surface area (Å²) in [6, 6.07) is 7.48. The van der Waals surface area contributed by atoms with Crippen molar-refractivity contribution < 1.29 is 14.3 Å². The van der Waals surface area contributed by atoms with Crippen molar-refractivity contribution in [3.63, 3.8) is 0 Å². The first-order chi connectivity index (χ1) is 14.1. The Balaban J connectivity index is 1.52. The summed E-state index contributed by atoms with van der Waals surface area (Å²) in [4.78, 5) is 19.5. The monoisotopic (exact) mass is 391 g/mol. The summed E-state index contributed by atoms with van der Waals surface area (Å²) in [6.45, 7) is 2.35. The zero-order chi connectivity index (χ0) is 20.0. The van der Waals surface area contributed by atoms with E-state index in [0.717, 1.165) is 30.5 Å². The molecule has 8 heteroatoms. The number of carbonyl (C=O) groups excluding carboxylic acids is 1. The van der Waals surface area contributed by atoms with Gasteiger partial charge >= 0.3 is 0 Å². The number of likely N-dealkylation sites (tertiary alicyclic amines) is 1. The highest BCUT2D eigenvalue weighted by Gasteiger charge is 2.33. The molecule has 4 heterocycles. The molecule has 1 fully saturated rings. The van der Waals surface area contributed by atoms with Crippen LogP contribution in [0, 0.1) is 0 Å². The number of carbonyl (C=O) groups is 1. The summed E-state index contributed by atoms with van der Waals surface area (Å²) in [5, 5.41) is 7.96. The summed E-state index contributed by atoms with van der Waals surface area (Å²) < 4.78 is 11.6. The van der Waals surface area contributed by atoms with Gasteiger partial charge in [0.2, 0.25) is 5.78 Å². The minimum atomic E-state index is -0.165. The van der Waals surface area contributed by atoms with Crippen molar-refractivity contribution >= 4 is 22.9 Å². The third-order valence-electron chi connectivity index (χ3n) is 5.44. The van der Waals surface area contributed by atoms with Crippen molar-refractivity contribution in [2.75, 3.05) is 20.2 Å². The number of ketones is 1. The van der Waals surface area contributed by atoms with Gasteiger partial charge in [0.25, 0.3) is 0 Å². The number of benzene rings is 1. The van der Waals surface area contributed by atoms with Crippen LogP contribution in [0.4, 0.5) is 0 Å². The van der Waals surface area contributed by atoms with Gasteiger partial charge in [-0.2, -0.15) is 5.10 Å². The van der Waals surface area contributed by atoms with Gasteiger partial charge in [-0.1, -0.05) is 0 Å². The van der Waals surface area contributed by atoms with Gasteiger partial charge in [0.05, 0.1) is 23.9 Å². The minimum Gasteiger partial charge on any atom is -0.496 e. The first kappa shape index (κ1) is 17.8. The van der Waals surface area contributed by atoms with E-state index in [0.29, 0.717) is 34.9 Å². The van der Waals surface area contributed by atoms with Gasteiger partial charge in [-0.05, 0) is 30.7 Å². The van der Waals surface area contributed by atoms with Crippen molar-refractivity contribution in [3.8, 4) is 11.5 Å². The lowest BCUT2D eigenvalue weighted by Crippen LogP contribution is -2.26. The maximum atomic E-state index is 13.0. The first-order valence-electron chi connectivity index (χ1n) is 9.55. The van der Waals surface area contributed by atoms with E-state index in [2.05, 4.69) is 20.1 Å². The Labute approximate surface area is 167 Å². The number of hydrogen-bond donors (Lipinski definition) is 2. The number of methoxy groups -OCH3 is 1. The summed E-state index contributed by atoms with van der Waals surface area (Å²) in [5.41, 5.74) is 8.72. The molecule has 0 radical (unpaired) electrons. The number of fused-ring (bicyclic) bond motifs is 2. The van der Waals surface area contributed by atoms with Crippen molar-refractivity contribution in [2.24, 2.45) is 5.73 Å². The van der Waals surface area contributed by atoms with Gasteiger partial charge in [0.1, 0.15) is 11.5 Å². The van der Waals surface area contributed by atoms with Crippen LogP contribution in [0.25, 0.3) is 17.1 Å². The molecule has 3 N–H and O–H groups in total. The SMILES string of the molecule is COc1ccc2c(c1CN1CCC(N)C1)OC(=Cc1n[nH]c3ncccc13)C2=O. The van der Waals surface area contributed by atoms with E-state index in [1.165, 1.54) is 0 Å². The van der Waals surface area contributed by atoms with Gasteiger partial charge in [-0.25, -0.2) is 4.98 Å². The van der Waals surface area contributed by atoms with Gasteiger partial charge in [-0.3, -0.25) is 14.8 Å². The number of allylic oxidation sites excluding steroid dienone is 1. The lowest BCUT2D eigenvalue weighted by Gasteiger charge is -2.19. The van der Waals surface area contributed by atoms with Crippen LogP contribution < -0.4 is 15.2 Å². The third-order valence-corrected chi connectivity index (χ3v) is 5.44. The third kappa shape index (κ3) is 3.06. The first-order valence-corrected chi connectivity index (χ1v) is 9.55. The maximum absolute atomic E-state index is 13.0. The fraction of sp³-hybridized carbons (Fsp3) is 0.286. The number of aromatic amines is 1. The van der Waals surface area contributed by atoms with Crippen molar-refractivity contribution in [1.82, 2.24) is 20.1 Å². The summed E-state index contributed by atoms with van der Waals surface area (Å²) in [7, 11) is 1.62. The highest BCUT2D eigenvalue weighted by molar-refractivity contribution is 6.15. The predicted molar refractivity (Wildman–Crippen MR) is 108 cm³/mol. The predicted octanol–water partition coefficient (Wildman–Crippen LogP) is 2.12. The van der Waals surface area contributed by atoms with Crippen LogP contribution in [0.3, 0.4) is 0 Å². The smallest absolute Gasteiger partial charge is 0.232 e. The Morgan fingerprint density at radius 3 is 3.10 bits per heavy atom. The van der Waals surface area contributed by atoms with E-state index >= 15 is 0 Å². The lowest BCUT2D eigenvalue weighted by atomic mass is 10.0. The molecule has 0 aliphatic carbocycles. The standard InChI is InChI=1S/C21H21N5O3/c1-28-17-5-4-14-19(27)18(9-16-13-3-2-7-23-21(13)25-24-16)29-20(14)15(17)11-26-8-6-12(22)10-26/h2-5,7,9,12H,6,8,10-11,22H2,1H3,(H,23,24,25). The molecule has 0 bridgehead atoms. The van der Waals surface area contributed by atoms with E-state index in [1.54, 1.807) is 25.4 Å². The van der Waals surface area contributed by atoms with Gasteiger partial charge in [-0.15, -0.1) is 0 Å². The van der Waals surface area contributed by atoms with Crippen LogP contribution in [-0.4, -0.2) is 52.1 Å². The Kier molecular flexibility index (Phi) is 4.30. The molecular formula is C21H21N5O3. The molecule has 1 aromatic carbocycles. The Morgan fingerprint density at radius 1 is 1.41 bits per heavy atom. The number of Topliss-reactive ketones (excluding diaryl/α,β-unsaturated/α-hetero) is 1. The molecule has 0 spiro atoms. The summed E-state index contributed by atoms with van der Waals surface area (Å²) in [5.74, 6) is 1.33. The van der Waals surface area contributed by atoms with Gasteiger partial charge < -0.3 is 15.2 Å². The highest BCUT2D eigenvalue weighted by Crippen LogP contribution is 2.41. The number of nitrogens with two attached hydrogens (primary N) is 1. The topological polar surface area (TPSA) is 106 Å². The van der Waals surface area contributed by atoms with Crippen molar-refractivity contribution in [2.45, 2.75) is 19.0 Å². The lowest BCUT2D eigenvalue weighted by molar-refractivity contribution is 0.101. The van der Waals surface area contributed by atoms with E-state index in [1.807, 2.05) is 18.2 Å². The largest absolute Gasteiger partial charge is 0.496 e. The molecule has 3 aromatic rings. The van der Waals surface area contributed by atoms with Crippen molar-refractivity contribution in [3.05, 3.63) is 53.0 Å². The number of rotatable bonds is 4. The van der Waals surface area contributed by atoms with E-state index in [4.69, 9.17) is 15.2 Å². The van der Waals surface area contributed by atoms with Crippen molar-refractivity contribution in [1.29, 1.82) is 0 Å². The van der Waals surface area contributed by atoms with Crippen LogP contribution in [0.15, 0.2) is 36.2 Å². The quantitative estimate of drug-likeness (QED) is 0.656. The average molecular weight is 391 g/mol. The van der Waals surface area contributed by atoms with Crippen LogP contribution >= 0.6 is 0 Å². The normalized spacial score (nSPS) is 20.4. The molecule has 0 saturated carbocycles. The van der Waals surface area contributed by atoms with Crippen LogP contribution in [0.1, 0.15) is 28.0 Å². The molecule has 29 heavy (non-hydrogen) atoms. The number of pyridine rings is 1. The Morgan fingerprint density at radius 2 is 2.31 bits per heavy atom. The molecule has 1 saturated heterocycles. The van der Waals surface area contributed by atoms with Gasteiger partial charge in [0.15, 0.2) is 11.4 Å². The number of H-pyrrole nitrogens is 1. The molecule has 5 rings (SSSR count). The fourth-order valence-electron chi connectivity index (χ4n) is 3.97.